The van der Waals surface area contributed by atoms with Gasteiger partial charge in [-0.05, 0) is 37.1 Å². The molecule has 2 unspecified atom stereocenters. The lowest BCUT2D eigenvalue weighted by Gasteiger charge is -2.45. The molecule has 0 amide bonds. The molecule has 0 aliphatic carbocycles. The van der Waals surface area contributed by atoms with Crippen molar-refractivity contribution in [2.45, 2.75) is 44.7 Å². The first-order valence-electron chi connectivity index (χ1n) is 9.17. The molecule has 5 atom stereocenters. The summed E-state index contributed by atoms with van der Waals surface area (Å²) in [5, 5.41) is 10.8. The van der Waals surface area contributed by atoms with Gasteiger partial charge in [-0.15, -0.1) is 0 Å². The Bertz CT molecular complexity index is 851. The van der Waals surface area contributed by atoms with Gasteiger partial charge in [0.25, 0.3) is 0 Å². The predicted octanol–water partition coefficient (Wildman–Crippen LogP) is 4.50. The summed E-state index contributed by atoms with van der Waals surface area (Å²) in [6.07, 6.45) is -2.56. The Morgan fingerprint density at radius 2 is 1.64 bits per heavy atom. The standard InChI is InChI=1S/C21H22Cl2O5/c1-11-3-4-13(7-12(11)2)20-25-10-18-19(28-20)17(9-24)26-21(27-18)14-5-6-15(22)16(23)8-14/h3-8,17-21,24H,9-10H2,1-2H3/t17-,18+,19+,20?,21?/m1/s1. The molecule has 7 heteroatoms. The van der Waals surface area contributed by atoms with E-state index in [1.807, 2.05) is 12.1 Å². The molecule has 0 radical (unpaired) electrons. The van der Waals surface area contributed by atoms with Crippen molar-refractivity contribution in [3.05, 3.63) is 68.7 Å². The minimum absolute atomic E-state index is 0.192. The number of rotatable bonds is 3. The van der Waals surface area contributed by atoms with E-state index in [-0.39, 0.29) is 12.7 Å². The van der Waals surface area contributed by atoms with Gasteiger partial charge in [0, 0.05) is 11.1 Å². The van der Waals surface area contributed by atoms with Crippen LogP contribution in [0, 0.1) is 13.8 Å². The van der Waals surface area contributed by atoms with E-state index in [4.69, 9.17) is 42.1 Å². The molecule has 2 aromatic carbocycles. The molecule has 150 valence electrons. The molecule has 2 aliphatic heterocycles. The van der Waals surface area contributed by atoms with E-state index in [1.54, 1.807) is 18.2 Å². The minimum atomic E-state index is -0.682. The van der Waals surface area contributed by atoms with E-state index in [0.29, 0.717) is 16.7 Å². The van der Waals surface area contributed by atoms with E-state index in [0.717, 1.165) is 11.1 Å². The van der Waals surface area contributed by atoms with Gasteiger partial charge in [-0.3, -0.25) is 0 Å². The lowest BCUT2D eigenvalue weighted by molar-refractivity contribution is -0.366. The Morgan fingerprint density at radius 1 is 0.893 bits per heavy atom. The van der Waals surface area contributed by atoms with Crippen molar-refractivity contribution in [1.82, 2.24) is 0 Å². The second-order valence-corrected chi connectivity index (χ2v) is 7.96. The molecule has 2 aromatic rings. The quantitative estimate of drug-likeness (QED) is 0.785. The van der Waals surface area contributed by atoms with Crippen molar-refractivity contribution >= 4 is 23.2 Å². The summed E-state index contributed by atoms with van der Waals surface area (Å²) in [6.45, 7) is 4.25. The summed E-state index contributed by atoms with van der Waals surface area (Å²) in [5.41, 5.74) is 4.04. The third kappa shape index (κ3) is 3.94. The van der Waals surface area contributed by atoms with Crippen molar-refractivity contribution < 1.29 is 24.1 Å². The van der Waals surface area contributed by atoms with E-state index >= 15 is 0 Å². The highest BCUT2D eigenvalue weighted by molar-refractivity contribution is 6.42. The molecule has 2 fully saturated rings. The summed E-state index contributed by atoms with van der Waals surface area (Å²) in [6, 6.07) is 11.3. The van der Waals surface area contributed by atoms with Gasteiger partial charge in [0.05, 0.1) is 23.3 Å². The van der Waals surface area contributed by atoms with Crippen LogP contribution in [0.1, 0.15) is 34.8 Å². The highest BCUT2D eigenvalue weighted by Crippen LogP contribution is 2.39. The molecule has 5 nitrogen and oxygen atoms in total. The van der Waals surface area contributed by atoms with Gasteiger partial charge in [-0.2, -0.15) is 0 Å². The predicted molar refractivity (Wildman–Crippen MR) is 106 cm³/mol. The van der Waals surface area contributed by atoms with Gasteiger partial charge in [0.15, 0.2) is 12.6 Å². The van der Waals surface area contributed by atoms with Gasteiger partial charge in [0.2, 0.25) is 0 Å². The van der Waals surface area contributed by atoms with Gasteiger partial charge < -0.3 is 24.1 Å². The Balaban J connectivity index is 1.52. The monoisotopic (exact) mass is 424 g/mol. The molecule has 2 saturated heterocycles. The molecular weight excluding hydrogens is 403 g/mol. The molecule has 2 aliphatic rings. The Morgan fingerprint density at radius 3 is 2.36 bits per heavy atom. The van der Waals surface area contributed by atoms with Crippen LogP contribution >= 0.6 is 23.2 Å². The largest absolute Gasteiger partial charge is 0.394 e. The maximum atomic E-state index is 9.88. The first kappa shape index (κ1) is 20.1. The normalized spacial score (nSPS) is 30.1. The van der Waals surface area contributed by atoms with Crippen LogP contribution in [0.25, 0.3) is 0 Å². The van der Waals surface area contributed by atoms with Crippen LogP contribution in [0.3, 0.4) is 0 Å². The SMILES string of the molecule is Cc1ccc(C2OC[C@@H]3OC(c4ccc(Cl)c(Cl)c4)O[C@H](CO)[C@@H]3O2)cc1C. The number of hydrogen-bond donors (Lipinski definition) is 1. The van der Waals surface area contributed by atoms with Crippen LogP contribution in [0.5, 0.6) is 0 Å². The summed E-state index contributed by atoms with van der Waals surface area (Å²) in [7, 11) is 0. The molecule has 4 rings (SSSR count). The summed E-state index contributed by atoms with van der Waals surface area (Å²) >= 11 is 12.1. The maximum Gasteiger partial charge on any atom is 0.185 e. The number of ether oxygens (including phenoxy) is 4. The lowest BCUT2D eigenvalue weighted by atomic mass is 10.0. The van der Waals surface area contributed by atoms with Crippen LogP contribution in [-0.4, -0.2) is 36.6 Å². The average molecular weight is 425 g/mol. The van der Waals surface area contributed by atoms with Crippen LogP contribution in [0.4, 0.5) is 0 Å². The van der Waals surface area contributed by atoms with E-state index in [1.165, 1.54) is 11.1 Å². The molecule has 0 spiro atoms. The third-order valence-electron chi connectivity index (χ3n) is 5.22. The lowest BCUT2D eigenvalue weighted by Crippen LogP contribution is -2.55. The van der Waals surface area contributed by atoms with Crippen molar-refractivity contribution in [3.8, 4) is 0 Å². The van der Waals surface area contributed by atoms with Gasteiger partial charge >= 0.3 is 0 Å². The topological polar surface area (TPSA) is 57.2 Å². The summed E-state index contributed by atoms with van der Waals surface area (Å²) < 4.78 is 24.0. The summed E-state index contributed by atoms with van der Waals surface area (Å²) in [5.74, 6) is 0. The zero-order valence-electron chi connectivity index (χ0n) is 15.6. The molecule has 0 aromatic heterocycles. The molecule has 0 saturated carbocycles. The minimum Gasteiger partial charge on any atom is -0.394 e. The number of halogens is 2. The van der Waals surface area contributed by atoms with E-state index in [9.17, 15) is 5.11 Å². The zero-order valence-corrected chi connectivity index (χ0v) is 17.1. The van der Waals surface area contributed by atoms with Gasteiger partial charge in [-0.25, -0.2) is 0 Å². The fourth-order valence-corrected chi connectivity index (χ4v) is 3.77. The Hall–Kier alpha value is -1.18. The molecule has 2 heterocycles. The third-order valence-corrected chi connectivity index (χ3v) is 5.96. The van der Waals surface area contributed by atoms with Crippen LogP contribution in [0.15, 0.2) is 36.4 Å². The maximum absolute atomic E-state index is 9.88. The van der Waals surface area contributed by atoms with Gasteiger partial charge in [0.1, 0.15) is 18.3 Å². The zero-order chi connectivity index (χ0) is 19.8. The second kappa shape index (κ2) is 8.28. The van der Waals surface area contributed by atoms with E-state index in [2.05, 4.69) is 19.9 Å². The molecular formula is C21H22Cl2O5. The molecule has 28 heavy (non-hydrogen) atoms. The first-order valence-corrected chi connectivity index (χ1v) is 9.93. The highest BCUT2D eigenvalue weighted by Gasteiger charge is 2.45. The molecule has 0 bridgehead atoms. The van der Waals surface area contributed by atoms with Crippen LogP contribution in [-0.2, 0) is 18.9 Å². The van der Waals surface area contributed by atoms with Gasteiger partial charge in [-0.1, -0.05) is 47.5 Å². The number of hydrogen-bond acceptors (Lipinski definition) is 5. The van der Waals surface area contributed by atoms with Crippen molar-refractivity contribution in [1.29, 1.82) is 0 Å². The number of fused-ring (bicyclic) bond motifs is 1. The van der Waals surface area contributed by atoms with Crippen molar-refractivity contribution in [3.63, 3.8) is 0 Å². The number of aliphatic hydroxyl groups excluding tert-OH is 1. The van der Waals surface area contributed by atoms with Crippen molar-refractivity contribution in [2.75, 3.05) is 13.2 Å². The fraction of sp³-hybridized carbons (Fsp3) is 0.429. The average Bonchev–Trinajstić information content (AvgIpc) is 2.70. The Labute approximate surface area is 174 Å². The number of benzene rings is 2. The Kier molecular flexibility index (Phi) is 5.95. The van der Waals surface area contributed by atoms with E-state index < -0.39 is 24.8 Å². The number of aryl methyl sites for hydroxylation is 2. The van der Waals surface area contributed by atoms with Crippen LogP contribution < -0.4 is 0 Å². The first-order chi connectivity index (χ1) is 13.5. The van der Waals surface area contributed by atoms with Crippen LogP contribution in [0.2, 0.25) is 10.0 Å². The summed E-state index contributed by atoms with van der Waals surface area (Å²) in [4.78, 5) is 0. The number of aliphatic hydroxyl groups is 1. The second-order valence-electron chi connectivity index (χ2n) is 7.15. The highest BCUT2D eigenvalue weighted by atomic mass is 35.5. The fourth-order valence-electron chi connectivity index (χ4n) is 3.47. The van der Waals surface area contributed by atoms with Crippen molar-refractivity contribution in [2.24, 2.45) is 0 Å². The molecule has 1 N–H and O–H groups in total. The smallest absolute Gasteiger partial charge is 0.185 e.